The van der Waals surface area contributed by atoms with Gasteiger partial charge in [-0.25, -0.2) is 4.39 Å². The summed E-state index contributed by atoms with van der Waals surface area (Å²) in [6.07, 6.45) is 0. The quantitative estimate of drug-likeness (QED) is 0.229. The lowest BCUT2D eigenvalue weighted by Gasteiger charge is -2.27. The summed E-state index contributed by atoms with van der Waals surface area (Å²) in [5, 5.41) is 13.1. The molecule has 36 heavy (non-hydrogen) atoms. The lowest BCUT2D eigenvalue weighted by atomic mass is 9.86. The van der Waals surface area contributed by atoms with E-state index in [1.165, 1.54) is 0 Å². The van der Waals surface area contributed by atoms with Crippen molar-refractivity contribution in [3.8, 4) is 0 Å². The molecule has 4 aromatic rings. The molecular weight excluding hydrogens is 541 g/mol. The molecule has 0 fully saturated rings. The first-order valence-electron chi connectivity index (χ1n) is 11.0. The van der Waals surface area contributed by atoms with Gasteiger partial charge in [0, 0.05) is 33.2 Å². The summed E-state index contributed by atoms with van der Waals surface area (Å²) in [6.45, 7) is -0.0630. The molecule has 4 rings (SSSR count). The standard InChI is InChI=1S/C14H12Cl2FN.C14H13Cl2NO/c15-12-5-1-10(2-6-12)14(17,9-18)11-3-7-13(16)8-4-11;15-12-5-1-10(2-6-12)14(18,9-17)11-3-7-13(16)8-4-11/h1-8H,9,18H2;1-8,18H,9,17H2. The Morgan fingerprint density at radius 2 is 0.750 bits per heavy atom. The van der Waals surface area contributed by atoms with Crippen LogP contribution < -0.4 is 11.5 Å². The second-order valence-electron chi connectivity index (χ2n) is 8.10. The van der Waals surface area contributed by atoms with Crippen LogP contribution in [0.4, 0.5) is 4.39 Å². The van der Waals surface area contributed by atoms with Crippen LogP contribution in [0, 0.1) is 0 Å². The van der Waals surface area contributed by atoms with Crippen molar-refractivity contribution in [3.05, 3.63) is 139 Å². The van der Waals surface area contributed by atoms with Gasteiger partial charge in [-0.05, 0) is 70.8 Å². The van der Waals surface area contributed by atoms with Gasteiger partial charge in [0.2, 0.25) is 0 Å². The highest BCUT2D eigenvalue weighted by molar-refractivity contribution is 6.31. The number of hydrogen-bond acceptors (Lipinski definition) is 3. The molecule has 188 valence electrons. The molecule has 0 atom stereocenters. The summed E-state index contributed by atoms with van der Waals surface area (Å²) in [6, 6.07) is 27.2. The van der Waals surface area contributed by atoms with Crippen molar-refractivity contribution >= 4 is 46.4 Å². The van der Waals surface area contributed by atoms with E-state index in [0.717, 1.165) is 0 Å². The molecule has 0 saturated heterocycles. The maximum Gasteiger partial charge on any atom is 0.173 e. The van der Waals surface area contributed by atoms with E-state index in [-0.39, 0.29) is 13.1 Å². The van der Waals surface area contributed by atoms with Gasteiger partial charge >= 0.3 is 0 Å². The minimum absolute atomic E-state index is 0.0796. The Morgan fingerprint density at radius 1 is 0.500 bits per heavy atom. The Labute approximate surface area is 230 Å². The number of aliphatic hydroxyl groups is 1. The van der Waals surface area contributed by atoms with Gasteiger partial charge < -0.3 is 16.6 Å². The van der Waals surface area contributed by atoms with Crippen molar-refractivity contribution < 1.29 is 9.50 Å². The van der Waals surface area contributed by atoms with E-state index in [1.807, 2.05) is 0 Å². The van der Waals surface area contributed by atoms with Crippen molar-refractivity contribution in [1.29, 1.82) is 0 Å². The third-order valence-corrected chi connectivity index (χ3v) is 6.83. The van der Waals surface area contributed by atoms with Gasteiger partial charge in [0.1, 0.15) is 5.60 Å². The number of alkyl halides is 1. The van der Waals surface area contributed by atoms with Gasteiger partial charge in [-0.2, -0.15) is 0 Å². The van der Waals surface area contributed by atoms with Crippen LogP contribution >= 0.6 is 46.4 Å². The SMILES string of the molecule is NCC(F)(c1ccc(Cl)cc1)c1ccc(Cl)cc1.NCC(O)(c1ccc(Cl)cc1)c1ccc(Cl)cc1. The van der Waals surface area contributed by atoms with Crippen LogP contribution in [0.5, 0.6) is 0 Å². The van der Waals surface area contributed by atoms with Crippen LogP contribution in [0.25, 0.3) is 0 Å². The fourth-order valence-electron chi connectivity index (χ4n) is 3.68. The highest BCUT2D eigenvalue weighted by Crippen LogP contribution is 2.34. The number of rotatable bonds is 6. The lowest BCUT2D eigenvalue weighted by molar-refractivity contribution is 0.0902. The smallest absolute Gasteiger partial charge is 0.173 e. The Balaban J connectivity index is 0.000000201. The predicted octanol–water partition coefficient (Wildman–Crippen LogP) is 7.35. The van der Waals surface area contributed by atoms with E-state index in [1.54, 1.807) is 97.1 Å². The average Bonchev–Trinajstić information content (AvgIpc) is 2.90. The zero-order chi connectivity index (χ0) is 26.3. The molecule has 0 aliphatic heterocycles. The monoisotopic (exact) mass is 564 g/mol. The van der Waals surface area contributed by atoms with Crippen molar-refractivity contribution in [2.45, 2.75) is 11.3 Å². The summed E-state index contributed by atoms with van der Waals surface area (Å²) in [4.78, 5) is 0. The molecule has 0 aromatic heterocycles. The van der Waals surface area contributed by atoms with Crippen LogP contribution in [0.2, 0.25) is 20.1 Å². The fraction of sp³-hybridized carbons (Fsp3) is 0.143. The largest absolute Gasteiger partial charge is 0.379 e. The van der Waals surface area contributed by atoms with Crippen LogP contribution in [0.3, 0.4) is 0 Å². The minimum Gasteiger partial charge on any atom is -0.379 e. The summed E-state index contributed by atoms with van der Waals surface area (Å²) in [5.41, 5.74) is 10.8. The Bertz CT molecular complexity index is 1060. The van der Waals surface area contributed by atoms with Crippen molar-refractivity contribution in [2.75, 3.05) is 13.1 Å². The highest BCUT2D eigenvalue weighted by atomic mass is 35.5. The van der Waals surface area contributed by atoms with Crippen molar-refractivity contribution in [2.24, 2.45) is 11.5 Å². The lowest BCUT2D eigenvalue weighted by Crippen LogP contribution is -2.36. The molecule has 0 aliphatic rings. The molecule has 3 nitrogen and oxygen atoms in total. The molecule has 8 heteroatoms. The first kappa shape index (κ1) is 28.4. The van der Waals surface area contributed by atoms with E-state index >= 15 is 4.39 Å². The molecule has 4 aromatic carbocycles. The van der Waals surface area contributed by atoms with E-state index in [4.69, 9.17) is 57.9 Å². The maximum absolute atomic E-state index is 15.0. The molecule has 0 bridgehead atoms. The van der Waals surface area contributed by atoms with E-state index in [9.17, 15) is 5.11 Å². The molecule has 0 heterocycles. The van der Waals surface area contributed by atoms with E-state index in [2.05, 4.69) is 0 Å². The summed E-state index contributed by atoms with van der Waals surface area (Å²) in [7, 11) is 0. The first-order valence-corrected chi connectivity index (χ1v) is 12.5. The maximum atomic E-state index is 15.0. The highest BCUT2D eigenvalue weighted by Gasteiger charge is 2.32. The zero-order valence-corrected chi connectivity index (χ0v) is 22.2. The Kier molecular flexibility index (Phi) is 9.79. The van der Waals surface area contributed by atoms with Crippen LogP contribution in [0.1, 0.15) is 22.3 Å². The second-order valence-corrected chi connectivity index (χ2v) is 9.84. The minimum atomic E-state index is -1.73. The molecule has 0 amide bonds. The average molecular weight is 566 g/mol. The van der Waals surface area contributed by atoms with Crippen LogP contribution in [-0.4, -0.2) is 18.2 Å². The molecule has 0 aliphatic carbocycles. The number of nitrogens with two attached hydrogens (primary N) is 2. The molecule has 0 spiro atoms. The molecule has 0 radical (unpaired) electrons. The van der Waals surface area contributed by atoms with Crippen molar-refractivity contribution in [1.82, 2.24) is 0 Å². The third kappa shape index (κ3) is 6.58. The zero-order valence-electron chi connectivity index (χ0n) is 19.1. The van der Waals surface area contributed by atoms with Crippen LogP contribution in [-0.2, 0) is 11.3 Å². The third-order valence-electron chi connectivity index (χ3n) is 5.82. The predicted molar refractivity (Wildman–Crippen MR) is 149 cm³/mol. The molecule has 0 unspecified atom stereocenters. The second kappa shape index (κ2) is 12.4. The number of hydrogen-bond donors (Lipinski definition) is 3. The van der Waals surface area contributed by atoms with Gasteiger partial charge in [0.05, 0.1) is 0 Å². The van der Waals surface area contributed by atoms with Crippen molar-refractivity contribution in [3.63, 3.8) is 0 Å². The van der Waals surface area contributed by atoms with Gasteiger partial charge in [0.25, 0.3) is 0 Å². The normalized spacial score (nSPS) is 11.6. The Hall–Kier alpha value is -2.15. The number of benzene rings is 4. The van der Waals surface area contributed by atoms with E-state index < -0.39 is 11.3 Å². The fourth-order valence-corrected chi connectivity index (χ4v) is 4.19. The molecule has 0 saturated carbocycles. The number of halogens is 5. The topological polar surface area (TPSA) is 72.3 Å². The van der Waals surface area contributed by atoms with Gasteiger partial charge in [-0.3, -0.25) is 0 Å². The van der Waals surface area contributed by atoms with Gasteiger partial charge in [-0.1, -0.05) is 94.9 Å². The summed E-state index contributed by atoms with van der Waals surface area (Å²) < 4.78 is 15.0. The van der Waals surface area contributed by atoms with Gasteiger partial charge in [0.15, 0.2) is 5.67 Å². The van der Waals surface area contributed by atoms with Crippen LogP contribution in [0.15, 0.2) is 97.1 Å². The molecular formula is C28H25Cl4FN2O. The molecule has 5 N–H and O–H groups in total. The first-order chi connectivity index (χ1) is 17.1. The van der Waals surface area contributed by atoms with Gasteiger partial charge in [-0.15, -0.1) is 0 Å². The Morgan fingerprint density at radius 3 is 0.972 bits per heavy atom. The summed E-state index contributed by atoms with van der Waals surface area (Å²) in [5.74, 6) is 0. The summed E-state index contributed by atoms with van der Waals surface area (Å²) >= 11 is 23.3. The van der Waals surface area contributed by atoms with E-state index in [0.29, 0.717) is 42.3 Å².